The topological polar surface area (TPSA) is 32.7 Å². The predicted octanol–water partition coefficient (Wildman–Crippen LogP) is 1.49. The highest BCUT2D eigenvalue weighted by atomic mass is 16.5. The number of ether oxygens (including phenoxy) is 1. The van der Waals surface area contributed by atoms with E-state index < -0.39 is 0 Å². The van der Waals surface area contributed by atoms with Gasteiger partial charge in [0.2, 0.25) is 0 Å². The molecule has 3 heteroatoms. The summed E-state index contributed by atoms with van der Waals surface area (Å²) in [5, 5.41) is 9.68. The van der Waals surface area contributed by atoms with Gasteiger partial charge in [-0.2, -0.15) is 0 Å². The van der Waals surface area contributed by atoms with Gasteiger partial charge in [-0.05, 0) is 30.4 Å². The number of hydrogen-bond acceptors (Lipinski definition) is 3. The first-order valence-corrected chi connectivity index (χ1v) is 7.29. The van der Waals surface area contributed by atoms with Gasteiger partial charge >= 0.3 is 0 Å². The number of rotatable bonds is 3. The second-order valence-corrected chi connectivity index (χ2v) is 6.01. The van der Waals surface area contributed by atoms with E-state index in [2.05, 4.69) is 29.2 Å². The Balaban J connectivity index is 1.65. The van der Waals surface area contributed by atoms with Crippen LogP contribution in [0.25, 0.3) is 0 Å². The minimum absolute atomic E-state index is 0.0173. The van der Waals surface area contributed by atoms with Crippen molar-refractivity contribution in [2.45, 2.75) is 19.3 Å². The monoisotopic (exact) mass is 261 g/mol. The highest BCUT2D eigenvalue weighted by Crippen LogP contribution is 2.30. The summed E-state index contributed by atoms with van der Waals surface area (Å²) in [6.07, 6.45) is 3.24. The molecule has 1 aromatic carbocycles. The number of hydrogen-bond donors (Lipinski definition) is 1. The van der Waals surface area contributed by atoms with Crippen LogP contribution in [0, 0.1) is 5.41 Å². The highest BCUT2D eigenvalue weighted by molar-refractivity contribution is 5.28. The second kappa shape index (κ2) is 5.61. The van der Waals surface area contributed by atoms with Crippen molar-refractivity contribution in [2.24, 2.45) is 5.41 Å². The van der Waals surface area contributed by atoms with Gasteiger partial charge in [-0.3, -0.25) is 0 Å². The molecule has 3 nitrogen and oxygen atoms in total. The van der Waals surface area contributed by atoms with E-state index in [1.165, 1.54) is 11.1 Å². The predicted molar refractivity (Wildman–Crippen MR) is 75.2 cm³/mol. The number of aliphatic hydroxyl groups is 1. The molecule has 3 rings (SSSR count). The zero-order chi connectivity index (χ0) is 13.1. The molecule has 0 aromatic heterocycles. The molecular weight excluding hydrogens is 238 g/mol. The molecule has 19 heavy (non-hydrogen) atoms. The van der Waals surface area contributed by atoms with Crippen LogP contribution in [0.15, 0.2) is 24.3 Å². The Morgan fingerprint density at radius 2 is 1.84 bits per heavy atom. The minimum Gasteiger partial charge on any atom is -0.396 e. The summed E-state index contributed by atoms with van der Waals surface area (Å²) in [5.74, 6) is 0. The van der Waals surface area contributed by atoms with Crippen molar-refractivity contribution in [3.63, 3.8) is 0 Å². The van der Waals surface area contributed by atoms with Crippen LogP contribution in [0.3, 0.4) is 0 Å². The van der Waals surface area contributed by atoms with Crippen molar-refractivity contribution in [1.29, 1.82) is 0 Å². The lowest BCUT2D eigenvalue weighted by atomic mass is 9.87. The van der Waals surface area contributed by atoms with Gasteiger partial charge in [0.15, 0.2) is 0 Å². The van der Waals surface area contributed by atoms with E-state index in [1.807, 2.05) is 0 Å². The van der Waals surface area contributed by atoms with E-state index in [0.29, 0.717) is 6.61 Å². The Labute approximate surface area is 115 Å². The van der Waals surface area contributed by atoms with Crippen LogP contribution in [0.4, 0.5) is 0 Å². The van der Waals surface area contributed by atoms with Crippen LogP contribution in [-0.2, 0) is 17.6 Å². The molecule has 1 unspecified atom stereocenters. The van der Waals surface area contributed by atoms with E-state index in [4.69, 9.17) is 4.74 Å². The average Bonchev–Trinajstić information content (AvgIpc) is 2.82. The maximum atomic E-state index is 9.68. The summed E-state index contributed by atoms with van der Waals surface area (Å²) < 4.78 is 5.50. The van der Waals surface area contributed by atoms with Gasteiger partial charge < -0.3 is 14.7 Å². The van der Waals surface area contributed by atoms with Crippen LogP contribution in [0.5, 0.6) is 0 Å². The summed E-state index contributed by atoms with van der Waals surface area (Å²) >= 11 is 0. The van der Waals surface area contributed by atoms with Crippen molar-refractivity contribution in [3.05, 3.63) is 35.4 Å². The average molecular weight is 261 g/mol. The fraction of sp³-hybridized carbons (Fsp3) is 0.625. The largest absolute Gasteiger partial charge is 0.396 e. The second-order valence-electron chi connectivity index (χ2n) is 6.01. The summed E-state index contributed by atoms with van der Waals surface area (Å²) in [4.78, 5) is 2.50. The van der Waals surface area contributed by atoms with Crippen molar-refractivity contribution in [3.8, 4) is 0 Å². The van der Waals surface area contributed by atoms with Crippen LogP contribution in [0.1, 0.15) is 17.5 Å². The van der Waals surface area contributed by atoms with Crippen LogP contribution in [-0.4, -0.2) is 49.5 Å². The molecular formula is C16H23NO2. The fourth-order valence-electron chi connectivity index (χ4n) is 3.30. The molecule has 0 aliphatic carbocycles. The lowest BCUT2D eigenvalue weighted by Crippen LogP contribution is -2.41. The number of nitrogens with zero attached hydrogens (tertiary/aromatic N) is 1. The fourth-order valence-corrected chi connectivity index (χ4v) is 3.30. The summed E-state index contributed by atoms with van der Waals surface area (Å²) in [7, 11) is 0. The van der Waals surface area contributed by atoms with Gasteiger partial charge in [-0.25, -0.2) is 0 Å². The third-order valence-electron chi connectivity index (χ3n) is 4.59. The Morgan fingerprint density at radius 1 is 1.16 bits per heavy atom. The molecule has 1 aromatic rings. The molecule has 104 valence electrons. The van der Waals surface area contributed by atoms with Crippen LogP contribution >= 0.6 is 0 Å². The van der Waals surface area contributed by atoms with Gasteiger partial charge in [0.05, 0.1) is 13.2 Å². The summed E-state index contributed by atoms with van der Waals surface area (Å²) in [5.41, 5.74) is 2.97. The van der Waals surface area contributed by atoms with E-state index in [0.717, 1.165) is 45.5 Å². The van der Waals surface area contributed by atoms with Gasteiger partial charge in [0.25, 0.3) is 0 Å². The molecule has 1 atom stereocenters. The third kappa shape index (κ3) is 2.83. The Kier molecular flexibility index (Phi) is 3.87. The quantitative estimate of drug-likeness (QED) is 0.895. The van der Waals surface area contributed by atoms with E-state index in [-0.39, 0.29) is 12.0 Å². The van der Waals surface area contributed by atoms with E-state index in [1.54, 1.807) is 0 Å². The highest BCUT2D eigenvalue weighted by Gasteiger charge is 2.36. The molecule has 0 bridgehead atoms. The Hall–Kier alpha value is -0.900. The molecule has 0 saturated carbocycles. The first-order chi connectivity index (χ1) is 9.31. The SMILES string of the molecule is OCC1(CN2CCc3ccccc3CC2)CCOC1. The molecule has 1 saturated heterocycles. The minimum atomic E-state index is -0.0173. The zero-order valence-electron chi connectivity index (χ0n) is 11.5. The number of fused-ring (bicyclic) bond motifs is 1. The Bertz CT molecular complexity index is 400. The smallest absolute Gasteiger partial charge is 0.0557 e. The molecule has 2 heterocycles. The molecule has 1 fully saturated rings. The standard InChI is InChI=1S/C16H23NO2/c18-12-16(7-10-19-13-16)11-17-8-5-14-3-1-2-4-15(14)6-9-17/h1-4,18H,5-13H2. The van der Waals surface area contributed by atoms with Gasteiger partial charge in [0.1, 0.15) is 0 Å². The normalized spacial score (nSPS) is 28.1. The van der Waals surface area contributed by atoms with Crippen molar-refractivity contribution in [1.82, 2.24) is 4.90 Å². The maximum absolute atomic E-state index is 9.68. The molecule has 2 aliphatic heterocycles. The lowest BCUT2D eigenvalue weighted by Gasteiger charge is -2.32. The summed E-state index contributed by atoms with van der Waals surface area (Å²) in [6.45, 7) is 4.92. The first-order valence-electron chi connectivity index (χ1n) is 7.29. The van der Waals surface area contributed by atoms with Gasteiger partial charge in [-0.1, -0.05) is 24.3 Å². The van der Waals surface area contributed by atoms with Gasteiger partial charge in [-0.15, -0.1) is 0 Å². The summed E-state index contributed by atoms with van der Waals surface area (Å²) in [6, 6.07) is 8.77. The van der Waals surface area contributed by atoms with Crippen LogP contribution < -0.4 is 0 Å². The van der Waals surface area contributed by atoms with E-state index >= 15 is 0 Å². The van der Waals surface area contributed by atoms with E-state index in [9.17, 15) is 5.11 Å². The first kappa shape index (κ1) is 13.1. The maximum Gasteiger partial charge on any atom is 0.0557 e. The molecule has 0 radical (unpaired) electrons. The number of aliphatic hydroxyl groups excluding tert-OH is 1. The third-order valence-corrected chi connectivity index (χ3v) is 4.59. The molecule has 1 N–H and O–H groups in total. The molecule has 0 spiro atoms. The van der Waals surface area contributed by atoms with Crippen molar-refractivity contribution < 1.29 is 9.84 Å². The van der Waals surface area contributed by atoms with Gasteiger partial charge in [0, 0.05) is 31.7 Å². The lowest BCUT2D eigenvalue weighted by molar-refractivity contribution is 0.0580. The number of benzene rings is 1. The Morgan fingerprint density at radius 3 is 2.37 bits per heavy atom. The molecule has 0 amide bonds. The van der Waals surface area contributed by atoms with Crippen molar-refractivity contribution in [2.75, 3.05) is 39.5 Å². The van der Waals surface area contributed by atoms with Crippen LogP contribution in [0.2, 0.25) is 0 Å². The zero-order valence-corrected chi connectivity index (χ0v) is 11.5. The van der Waals surface area contributed by atoms with Crippen molar-refractivity contribution >= 4 is 0 Å². The molecule has 2 aliphatic rings.